The second-order valence-corrected chi connectivity index (χ2v) is 5.41. The van der Waals surface area contributed by atoms with Gasteiger partial charge in [-0.25, -0.2) is 0 Å². The normalized spacial score (nSPS) is 17.4. The van der Waals surface area contributed by atoms with Crippen LogP contribution in [0.4, 0.5) is 5.69 Å². The number of methoxy groups -OCH3 is 2. The van der Waals surface area contributed by atoms with Crippen LogP contribution in [0.2, 0.25) is 0 Å². The van der Waals surface area contributed by atoms with Crippen molar-refractivity contribution >= 4 is 11.7 Å². The van der Waals surface area contributed by atoms with E-state index in [9.17, 15) is 4.79 Å². The number of piperazine rings is 1. The first-order valence-corrected chi connectivity index (χ1v) is 7.33. The molecule has 1 aromatic rings. The lowest BCUT2D eigenvalue weighted by molar-refractivity contribution is -0.145. The van der Waals surface area contributed by atoms with Crippen LogP contribution < -0.4 is 9.64 Å². The molecule has 1 atom stereocenters. The molecule has 0 N–H and O–H groups in total. The zero-order chi connectivity index (χ0) is 15.2. The number of ether oxygens (including phenoxy) is 2. The van der Waals surface area contributed by atoms with Gasteiger partial charge in [0.05, 0.1) is 20.1 Å². The Kier molecular flexibility index (Phi) is 5.44. The lowest BCUT2D eigenvalue weighted by atomic mass is 10.1. The first-order valence-electron chi connectivity index (χ1n) is 7.33. The summed E-state index contributed by atoms with van der Waals surface area (Å²) < 4.78 is 10.0. The Morgan fingerprint density at radius 2 is 1.95 bits per heavy atom. The van der Waals surface area contributed by atoms with Gasteiger partial charge in [0.2, 0.25) is 0 Å². The SMILES string of the molecule is COC(=O)C(C)CN1CCN(c2cccc(OC)c2)CC1. The van der Waals surface area contributed by atoms with Crippen LogP contribution in [0, 0.1) is 5.92 Å². The molecule has 0 spiro atoms. The fourth-order valence-electron chi connectivity index (χ4n) is 2.66. The van der Waals surface area contributed by atoms with E-state index in [1.165, 1.54) is 12.8 Å². The number of carbonyl (C=O) groups excluding carboxylic acids is 1. The molecule has 1 unspecified atom stereocenters. The average molecular weight is 292 g/mol. The first kappa shape index (κ1) is 15.6. The highest BCUT2D eigenvalue weighted by atomic mass is 16.5. The Hall–Kier alpha value is -1.75. The van der Waals surface area contributed by atoms with Crippen molar-refractivity contribution in [3.63, 3.8) is 0 Å². The van der Waals surface area contributed by atoms with Crippen LogP contribution in [0.1, 0.15) is 6.92 Å². The third-order valence-electron chi connectivity index (χ3n) is 3.93. The lowest BCUT2D eigenvalue weighted by Crippen LogP contribution is -2.48. The molecule has 0 aliphatic carbocycles. The predicted octanol–water partition coefficient (Wildman–Crippen LogP) is 1.63. The van der Waals surface area contributed by atoms with Crippen LogP contribution in [0.25, 0.3) is 0 Å². The van der Waals surface area contributed by atoms with Crippen molar-refractivity contribution in [2.45, 2.75) is 6.92 Å². The van der Waals surface area contributed by atoms with Gasteiger partial charge in [0, 0.05) is 44.5 Å². The average Bonchev–Trinajstić information content (AvgIpc) is 2.54. The summed E-state index contributed by atoms with van der Waals surface area (Å²) in [6.45, 7) is 6.51. The molecule has 1 fully saturated rings. The van der Waals surface area contributed by atoms with Crippen molar-refractivity contribution in [2.24, 2.45) is 5.92 Å². The van der Waals surface area contributed by atoms with Gasteiger partial charge in [-0.15, -0.1) is 0 Å². The number of rotatable bonds is 5. The fraction of sp³-hybridized carbons (Fsp3) is 0.562. The van der Waals surface area contributed by atoms with Crippen molar-refractivity contribution in [3.05, 3.63) is 24.3 Å². The molecule has 5 heteroatoms. The predicted molar refractivity (Wildman–Crippen MR) is 82.8 cm³/mol. The van der Waals surface area contributed by atoms with E-state index in [1.807, 2.05) is 19.1 Å². The molecule has 0 aromatic heterocycles. The maximum atomic E-state index is 11.5. The summed E-state index contributed by atoms with van der Waals surface area (Å²) in [6.07, 6.45) is 0. The molecule has 2 rings (SSSR count). The molecule has 0 bridgehead atoms. The minimum Gasteiger partial charge on any atom is -0.497 e. The van der Waals surface area contributed by atoms with Crippen molar-refractivity contribution < 1.29 is 14.3 Å². The molecular weight excluding hydrogens is 268 g/mol. The molecule has 5 nitrogen and oxygen atoms in total. The van der Waals surface area contributed by atoms with E-state index in [0.29, 0.717) is 0 Å². The Labute approximate surface area is 126 Å². The molecule has 21 heavy (non-hydrogen) atoms. The standard InChI is InChI=1S/C16H24N2O3/c1-13(16(19)21-3)12-17-7-9-18(10-8-17)14-5-4-6-15(11-14)20-2/h4-6,11,13H,7-10,12H2,1-3H3. The van der Waals surface area contributed by atoms with Gasteiger partial charge < -0.3 is 14.4 Å². The third kappa shape index (κ3) is 4.11. The van der Waals surface area contributed by atoms with Gasteiger partial charge in [-0.3, -0.25) is 9.69 Å². The summed E-state index contributed by atoms with van der Waals surface area (Å²) in [5, 5.41) is 0. The van der Waals surface area contributed by atoms with E-state index in [-0.39, 0.29) is 11.9 Å². The minimum atomic E-state index is -0.134. The molecule has 0 radical (unpaired) electrons. The third-order valence-corrected chi connectivity index (χ3v) is 3.93. The summed E-state index contributed by atoms with van der Waals surface area (Å²) in [5.74, 6) is 0.679. The van der Waals surface area contributed by atoms with Crippen molar-refractivity contribution in [1.29, 1.82) is 0 Å². The summed E-state index contributed by atoms with van der Waals surface area (Å²) in [5.41, 5.74) is 1.19. The molecule has 0 saturated carbocycles. The number of anilines is 1. The van der Waals surface area contributed by atoms with Gasteiger partial charge in [0.15, 0.2) is 0 Å². The Morgan fingerprint density at radius 3 is 2.57 bits per heavy atom. The van der Waals surface area contributed by atoms with Crippen molar-refractivity contribution in [1.82, 2.24) is 4.90 Å². The van der Waals surface area contributed by atoms with Gasteiger partial charge >= 0.3 is 5.97 Å². The highest BCUT2D eigenvalue weighted by Crippen LogP contribution is 2.22. The Balaban J connectivity index is 1.86. The van der Waals surface area contributed by atoms with Gasteiger partial charge in [-0.1, -0.05) is 13.0 Å². The van der Waals surface area contributed by atoms with E-state index in [4.69, 9.17) is 9.47 Å². The molecule has 0 amide bonds. The second kappa shape index (κ2) is 7.31. The van der Waals surface area contributed by atoms with E-state index < -0.39 is 0 Å². The molecule has 1 aromatic carbocycles. The second-order valence-electron chi connectivity index (χ2n) is 5.41. The zero-order valence-electron chi connectivity index (χ0n) is 13.0. The highest BCUT2D eigenvalue weighted by molar-refractivity contribution is 5.72. The van der Waals surface area contributed by atoms with Crippen molar-refractivity contribution in [3.8, 4) is 5.75 Å². The van der Waals surface area contributed by atoms with Crippen LogP contribution in [0.3, 0.4) is 0 Å². The lowest BCUT2D eigenvalue weighted by Gasteiger charge is -2.36. The number of hydrogen-bond donors (Lipinski definition) is 0. The number of benzene rings is 1. The molecule has 116 valence electrons. The smallest absolute Gasteiger partial charge is 0.309 e. The van der Waals surface area contributed by atoms with Gasteiger partial charge in [-0.2, -0.15) is 0 Å². The van der Waals surface area contributed by atoms with Crippen LogP contribution >= 0.6 is 0 Å². The van der Waals surface area contributed by atoms with Gasteiger partial charge in [-0.05, 0) is 12.1 Å². The maximum absolute atomic E-state index is 11.5. The summed E-state index contributed by atoms with van der Waals surface area (Å²) in [7, 11) is 3.13. The topological polar surface area (TPSA) is 42.0 Å². The summed E-state index contributed by atoms with van der Waals surface area (Å²) in [6, 6.07) is 8.14. The molecule has 1 saturated heterocycles. The number of hydrogen-bond acceptors (Lipinski definition) is 5. The molecule has 1 aliphatic rings. The summed E-state index contributed by atoms with van der Waals surface area (Å²) >= 11 is 0. The quantitative estimate of drug-likeness (QED) is 0.772. The Morgan fingerprint density at radius 1 is 1.24 bits per heavy atom. The van der Waals surface area contributed by atoms with E-state index in [0.717, 1.165) is 38.5 Å². The number of nitrogens with zero attached hydrogens (tertiary/aromatic N) is 2. The number of esters is 1. The van der Waals surface area contributed by atoms with Crippen molar-refractivity contribution in [2.75, 3.05) is 51.8 Å². The zero-order valence-corrected chi connectivity index (χ0v) is 13.0. The van der Waals surface area contributed by atoms with Gasteiger partial charge in [0.25, 0.3) is 0 Å². The molecule has 1 heterocycles. The summed E-state index contributed by atoms with van der Waals surface area (Å²) in [4.78, 5) is 16.1. The van der Waals surface area contributed by atoms with E-state index in [1.54, 1.807) is 7.11 Å². The van der Waals surface area contributed by atoms with Crippen LogP contribution in [-0.2, 0) is 9.53 Å². The largest absolute Gasteiger partial charge is 0.497 e. The monoisotopic (exact) mass is 292 g/mol. The number of carbonyl (C=O) groups is 1. The van der Waals surface area contributed by atoms with Gasteiger partial charge in [0.1, 0.15) is 5.75 Å². The van der Waals surface area contributed by atoms with Crippen LogP contribution in [-0.4, -0.2) is 57.8 Å². The van der Waals surface area contributed by atoms with Crippen LogP contribution in [0.15, 0.2) is 24.3 Å². The maximum Gasteiger partial charge on any atom is 0.309 e. The minimum absolute atomic E-state index is 0.0710. The first-order chi connectivity index (χ1) is 10.1. The van der Waals surface area contributed by atoms with E-state index >= 15 is 0 Å². The van der Waals surface area contributed by atoms with Crippen LogP contribution in [0.5, 0.6) is 5.75 Å². The fourth-order valence-corrected chi connectivity index (χ4v) is 2.66. The molecular formula is C16H24N2O3. The molecule has 1 aliphatic heterocycles. The Bertz CT molecular complexity index is 470. The van der Waals surface area contributed by atoms with E-state index in [2.05, 4.69) is 21.9 Å². The highest BCUT2D eigenvalue weighted by Gasteiger charge is 2.22.